The molecule has 27 heavy (non-hydrogen) atoms. The minimum Gasteiger partial charge on any atom is -0.352 e. The molecule has 1 aromatic rings. The summed E-state index contributed by atoms with van der Waals surface area (Å²) >= 11 is 5.72. The summed E-state index contributed by atoms with van der Waals surface area (Å²) in [6.07, 6.45) is 6.11. The van der Waals surface area contributed by atoms with Crippen molar-refractivity contribution in [1.29, 1.82) is 0 Å². The lowest BCUT2D eigenvalue weighted by Crippen LogP contribution is -2.33. The Morgan fingerprint density at radius 1 is 0.926 bits per heavy atom. The second kappa shape index (κ2) is 10.7. The van der Waals surface area contributed by atoms with Crippen molar-refractivity contribution in [2.24, 2.45) is 11.8 Å². The van der Waals surface area contributed by atoms with Crippen molar-refractivity contribution in [3.63, 3.8) is 0 Å². The first-order valence-corrected chi connectivity index (χ1v) is 10.4. The Morgan fingerprint density at radius 2 is 1.59 bits per heavy atom. The van der Waals surface area contributed by atoms with Crippen LogP contribution in [0.3, 0.4) is 0 Å². The smallest absolute Gasteiger partial charge is 0.183 e. The highest BCUT2D eigenvalue weighted by atomic mass is 35.5. The van der Waals surface area contributed by atoms with Gasteiger partial charge in [-0.05, 0) is 31.4 Å². The molecule has 0 atom stereocenters. The van der Waals surface area contributed by atoms with E-state index in [2.05, 4.69) is 6.92 Å². The number of benzene rings is 1. The van der Waals surface area contributed by atoms with E-state index in [9.17, 15) is 4.39 Å². The van der Waals surface area contributed by atoms with Crippen LogP contribution in [-0.4, -0.2) is 32.7 Å². The molecule has 0 unspecified atom stereocenters. The lowest BCUT2D eigenvalue weighted by atomic mass is 10.0. The van der Waals surface area contributed by atoms with Gasteiger partial charge < -0.3 is 18.9 Å². The fourth-order valence-corrected chi connectivity index (χ4v) is 3.65. The molecule has 6 heteroatoms. The van der Waals surface area contributed by atoms with Gasteiger partial charge in [-0.2, -0.15) is 0 Å². The van der Waals surface area contributed by atoms with E-state index in [1.807, 2.05) is 0 Å². The third-order valence-corrected chi connectivity index (χ3v) is 5.55. The molecule has 2 aliphatic rings. The van der Waals surface area contributed by atoms with E-state index >= 15 is 0 Å². The first-order chi connectivity index (χ1) is 13.2. The second-order valence-electron chi connectivity index (χ2n) is 7.57. The highest BCUT2D eigenvalue weighted by molar-refractivity contribution is 6.30. The molecule has 0 aromatic heterocycles. The van der Waals surface area contributed by atoms with Crippen molar-refractivity contribution < 1.29 is 23.3 Å². The maximum Gasteiger partial charge on any atom is 0.183 e. The van der Waals surface area contributed by atoms with Crippen LogP contribution in [0.4, 0.5) is 4.39 Å². The number of hydrogen-bond acceptors (Lipinski definition) is 4. The predicted molar refractivity (Wildman–Crippen MR) is 102 cm³/mol. The maximum atomic E-state index is 13.6. The molecule has 2 aliphatic heterocycles. The molecular weight excluding hydrogens is 371 g/mol. The first-order valence-electron chi connectivity index (χ1n) is 10.1. The molecule has 2 fully saturated rings. The second-order valence-corrected chi connectivity index (χ2v) is 7.98. The summed E-state index contributed by atoms with van der Waals surface area (Å²) < 4.78 is 36.9. The van der Waals surface area contributed by atoms with Crippen LogP contribution in [0.25, 0.3) is 0 Å². The molecule has 152 valence electrons. The van der Waals surface area contributed by atoms with Gasteiger partial charge in [-0.3, -0.25) is 0 Å². The average Bonchev–Trinajstić information content (AvgIpc) is 2.70. The van der Waals surface area contributed by atoms with Crippen LogP contribution in [0.1, 0.15) is 57.3 Å². The van der Waals surface area contributed by atoms with Crippen LogP contribution >= 0.6 is 11.6 Å². The van der Waals surface area contributed by atoms with Gasteiger partial charge >= 0.3 is 0 Å². The van der Waals surface area contributed by atoms with E-state index in [1.165, 1.54) is 37.8 Å². The van der Waals surface area contributed by atoms with Gasteiger partial charge in [0.15, 0.2) is 12.6 Å². The Bertz CT molecular complexity index is 569. The number of halogens is 2. The monoisotopic (exact) mass is 400 g/mol. The molecule has 0 amide bonds. The Labute approximate surface area is 166 Å². The van der Waals surface area contributed by atoms with Crippen molar-refractivity contribution in [2.75, 3.05) is 26.4 Å². The van der Waals surface area contributed by atoms with E-state index in [4.69, 9.17) is 30.5 Å². The number of rotatable bonds is 8. The van der Waals surface area contributed by atoms with Gasteiger partial charge in [0.25, 0.3) is 0 Å². The summed E-state index contributed by atoms with van der Waals surface area (Å²) in [5.74, 6) is 0.380. The Balaban J connectivity index is 1.32. The third kappa shape index (κ3) is 6.40. The van der Waals surface area contributed by atoms with Gasteiger partial charge in [-0.1, -0.05) is 43.9 Å². The van der Waals surface area contributed by atoms with Gasteiger partial charge in [0.05, 0.1) is 31.5 Å². The predicted octanol–water partition coefficient (Wildman–Crippen LogP) is 5.49. The summed E-state index contributed by atoms with van der Waals surface area (Å²) in [5.41, 5.74) is 0.656. The lowest BCUT2D eigenvalue weighted by molar-refractivity contribution is -0.220. The Kier molecular flexibility index (Phi) is 8.34. The van der Waals surface area contributed by atoms with Gasteiger partial charge in [0.2, 0.25) is 0 Å². The van der Waals surface area contributed by atoms with Crippen LogP contribution < -0.4 is 0 Å². The summed E-state index contributed by atoms with van der Waals surface area (Å²) in [6, 6.07) is 4.63. The van der Waals surface area contributed by atoms with E-state index in [0.717, 1.165) is 26.1 Å². The van der Waals surface area contributed by atoms with Crippen molar-refractivity contribution in [2.45, 2.75) is 58.0 Å². The SMILES string of the molecule is CCCCCC1COC(CCC2COC(c3ccc(Cl)c(F)c3)OC2)OC1. The van der Waals surface area contributed by atoms with Crippen LogP contribution in [0, 0.1) is 17.7 Å². The normalized spacial score (nSPS) is 29.0. The van der Waals surface area contributed by atoms with E-state index in [0.29, 0.717) is 30.6 Å². The van der Waals surface area contributed by atoms with E-state index in [-0.39, 0.29) is 11.3 Å². The molecule has 0 spiro atoms. The fourth-order valence-electron chi connectivity index (χ4n) is 3.53. The largest absolute Gasteiger partial charge is 0.352 e. The summed E-state index contributed by atoms with van der Waals surface area (Å²) in [6.45, 7) is 4.99. The summed E-state index contributed by atoms with van der Waals surface area (Å²) in [7, 11) is 0. The molecule has 0 aliphatic carbocycles. The van der Waals surface area contributed by atoms with E-state index < -0.39 is 12.1 Å². The summed E-state index contributed by atoms with van der Waals surface area (Å²) in [4.78, 5) is 0. The lowest BCUT2D eigenvalue weighted by Gasteiger charge is -2.32. The molecule has 0 bridgehead atoms. The van der Waals surface area contributed by atoms with Crippen molar-refractivity contribution in [3.05, 3.63) is 34.6 Å². The van der Waals surface area contributed by atoms with Crippen molar-refractivity contribution in [1.82, 2.24) is 0 Å². The standard InChI is InChI=1S/C21H30ClFO4/c1-2-3-4-5-15-11-24-20(25-12-15)9-6-16-13-26-21(27-14-16)17-7-8-18(22)19(23)10-17/h7-8,10,15-16,20-21H,2-6,9,11-14H2,1H3. The minimum absolute atomic E-state index is 0.104. The average molecular weight is 401 g/mol. The molecular formula is C21H30ClFO4. The molecule has 0 N–H and O–H groups in total. The highest BCUT2D eigenvalue weighted by Crippen LogP contribution is 2.30. The number of ether oxygens (including phenoxy) is 4. The Hall–Kier alpha value is -0.720. The molecule has 2 heterocycles. The number of hydrogen-bond donors (Lipinski definition) is 0. The zero-order valence-corrected chi connectivity index (χ0v) is 16.8. The molecule has 3 rings (SSSR count). The van der Waals surface area contributed by atoms with Crippen molar-refractivity contribution in [3.8, 4) is 0 Å². The van der Waals surface area contributed by atoms with Gasteiger partial charge in [-0.25, -0.2) is 4.39 Å². The van der Waals surface area contributed by atoms with Gasteiger partial charge in [-0.15, -0.1) is 0 Å². The molecule has 2 saturated heterocycles. The zero-order chi connectivity index (χ0) is 19.1. The molecule has 0 radical (unpaired) electrons. The molecule has 1 aromatic carbocycles. The number of unbranched alkanes of at least 4 members (excludes halogenated alkanes) is 2. The fraction of sp³-hybridized carbons (Fsp3) is 0.714. The zero-order valence-electron chi connectivity index (χ0n) is 16.0. The molecule has 0 saturated carbocycles. The van der Waals surface area contributed by atoms with Crippen molar-refractivity contribution >= 4 is 11.6 Å². The van der Waals surface area contributed by atoms with Gasteiger partial charge in [0, 0.05) is 17.4 Å². The molecule has 4 nitrogen and oxygen atoms in total. The van der Waals surface area contributed by atoms with Gasteiger partial charge in [0.1, 0.15) is 5.82 Å². The van der Waals surface area contributed by atoms with Crippen LogP contribution in [-0.2, 0) is 18.9 Å². The summed E-state index contributed by atoms with van der Waals surface area (Å²) in [5, 5.41) is 0.104. The highest BCUT2D eigenvalue weighted by Gasteiger charge is 2.27. The maximum absolute atomic E-state index is 13.6. The third-order valence-electron chi connectivity index (χ3n) is 5.24. The first kappa shape index (κ1) is 21.0. The Morgan fingerprint density at radius 3 is 2.26 bits per heavy atom. The van der Waals surface area contributed by atoms with Crippen LogP contribution in [0.15, 0.2) is 18.2 Å². The topological polar surface area (TPSA) is 36.9 Å². The quantitative estimate of drug-likeness (QED) is 0.540. The minimum atomic E-state index is -0.529. The van der Waals surface area contributed by atoms with E-state index in [1.54, 1.807) is 6.07 Å². The van der Waals surface area contributed by atoms with Crippen LogP contribution in [0.2, 0.25) is 5.02 Å². The van der Waals surface area contributed by atoms with Crippen LogP contribution in [0.5, 0.6) is 0 Å².